The molecule has 1 aromatic rings. The average molecular weight is 220 g/mol. The maximum atomic E-state index is 5.82. The molecule has 0 aromatic heterocycles. The van der Waals surface area contributed by atoms with Crippen LogP contribution in [0.25, 0.3) is 0 Å². The highest BCUT2D eigenvalue weighted by atomic mass is 16.5. The molecule has 1 heterocycles. The van der Waals surface area contributed by atoms with Gasteiger partial charge < -0.3 is 15.4 Å². The number of aryl methyl sites for hydroxylation is 1. The summed E-state index contributed by atoms with van der Waals surface area (Å²) >= 11 is 0. The van der Waals surface area contributed by atoms with Crippen molar-refractivity contribution in [3.8, 4) is 5.75 Å². The van der Waals surface area contributed by atoms with E-state index in [0.717, 1.165) is 31.8 Å². The maximum Gasteiger partial charge on any atom is 0.143 e. The van der Waals surface area contributed by atoms with E-state index in [4.69, 9.17) is 10.5 Å². The molecule has 2 N–H and O–H groups in total. The smallest absolute Gasteiger partial charge is 0.143 e. The minimum atomic E-state index is 0.257. The second-order valence-electron chi connectivity index (χ2n) is 4.49. The highest BCUT2D eigenvalue weighted by Gasteiger charge is 2.22. The van der Waals surface area contributed by atoms with E-state index in [0.29, 0.717) is 0 Å². The van der Waals surface area contributed by atoms with Gasteiger partial charge in [-0.05, 0) is 44.5 Å². The van der Waals surface area contributed by atoms with Gasteiger partial charge in [-0.1, -0.05) is 6.07 Å². The van der Waals surface area contributed by atoms with E-state index < -0.39 is 0 Å². The zero-order valence-electron chi connectivity index (χ0n) is 10.1. The van der Waals surface area contributed by atoms with Gasteiger partial charge in [0.15, 0.2) is 0 Å². The van der Waals surface area contributed by atoms with Crippen molar-refractivity contribution in [2.75, 3.05) is 24.5 Å². The predicted octanol–water partition coefficient (Wildman–Crippen LogP) is 1.93. The first kappa shape index (κ1) is 11.3. The lowest BCUT2D eigenvalue weighted by atomic mass is 10.1. The molecule has 2 rings (SSSR count). The number of anilines is 1. The van der Waals surface area contributed by atoms with Crippen LogP contribution < -0.4 is 15.4 Å². The molecule has 0 saturated carbocycles. The van der Waals surface area contributed by atoms with Crippen LogP contribution in [0.1, 0.15) is 18.9 Å². The van der Waals surface area contributed by atoms with Crippen molar-refractivity contribution in [3.05, 3.63) is 23.8 Å². The molecule has 1 aliphatic heterocycles. The van der Waals surface area contributed by atoms with Crippen LogP contribution in [0.2, 0.25) is 0 Å². The number of nitrogens with zero attached hydrogens (tertiary/aromatic N) is 1. The topological polar surface area (TPSA) is 38.5 Å². The van der Waals surface area contributed by atoms with Crippen LogP contribution in [0.5, 0.6) is 5.75 Å². The Labute approximate surface area is 97.2 Å². The third-order valence-corrected chi connectivity index (χ3v) is 2.89. The Kier molecular flexibility index (Phi) is 3.34. The third kappa shape index (κ3) is 2.30. The Balaban J connectivity index is 2.24. The number of hydrogen-bond acceptors (Lipinski definition) is 3. The van der Waals surface area contributed by atoms with Gasteiger partial charge in [-0.25, -0.2) is 0 Å². The van der Waals surface area contributed by atoms with Crippen LogP contribution in [0.4, 0.5) is 5.69 Å². The van der Waals surface area contributed by atoms with Crippen LogP contribution in [-0.4, -0.2) is 25.7 Å². The fourth-order valence-corrected chi connectivity index (χ4v) is 2.13. The number of fused-ring (bicyclic) bond motifs is 1. The Hall–Kier alpha value is -1.22. The molecule has 0 spiro atoms. The summed E-state index contributed by atoms with van der Waals surface area (Å²) in [6, 6.07) is 6.35. The van der Waals surface area contributed by atoms with E-state index in [2.05, 4.69) is 36.9 Å². The summed E-state index contributed by atoms with van der Waals surface area (Å²) in [5, 5.41) is 0. The zero-order valence-corrected chi connectivity index (χ0v) is 10.1. The highest BCUT2D eigenvalue weighted by molar-refractivity contribution is 5.61. The van der Waals surface area contributed by atoms with Crippen LogP contribution in [0.3, 0.4) is 0 Å². The summed E-state index contributed by atoms with van der Waals surface area (Å²) < 4.78 is 5.82. The van der Waals surface area contributed by atoms with Gasteiger partial charge in [0.05, 0.1) is 12.2 Å². The summed E-state index contributed by atoms with van der Waals surface area (Å²) in [6.07, 6.45) is 1.29. The molecule has 3 heteroatoms. The van der Waals surface area contributed by atoms with Gasteiger partial charge >= 0.3 is 0 Å². The third-order valence-electron chi connectivity index (χ3n) is 2.89. The number of ether oxygens (including phenoxy) is 1. The van der Waals surface area contributed by atoms with Gasteiger partial charge in [-0.15, -0.1) is 0 Å². The molecule has 1 atom stereocenters. The van der Waals surface area contributed by atoms with Crippen molar-refractivity contribution in [1.29, 1.82) is 0 Å². The SMILES string of the molecule is Cc1ccc2c(c1)N(CCCN)CC(C)O2. The first-order valence-corrected chi connectivity index (χ1v) is 5.93. The summed E-state index contributed by atoms with van der Waals surface area (Å²) in [6.45, 7) is 6.93. The lowest BCUT2D eigenvalue weighted by Gasteiger charge is -2.35. The minimum absolute atomic E-state index is 0.257. The standard InChI is InChI=1S/C13H20N2O/c1-10-4-5-13-12(8-10)15(7-3-6-14)9-11(2)16-13/h4-5,8,11H,3,6-7,9,14H2,1-2H3. The van der Waals surface area contributed by atoms with Gasteiger partial charge in [-0.2, -0.15) is 0 Å². The minimum Gasteiger partial charge on any atom is -0.487 e. The molecule has 0 bridgehead atoms. The van der Waals surface area contributed by atoms with Crippen LogP contribution >= 0.6 is 0 Å². The fourth-order valence-electron chi connectivity index (χ4n) is 2.13. The molecule has 1 unspecified atom stereocenters. The Morgan fingerprint density at radius 3 is 3.06 bits per heavy atom. The summed E-state index contributed by atoms with van der Waals surface area (Å²) in [7, 11) is 0. The van der Waals surface area contributed by atoms with Crippen LogP contribution in [0.15, 0.2) is 18.2 Å². The Morgan fingerprint density at radius 1 is 1.50 bits per heavy atom. The van der Waals surface area contributed by atoms with E-state index in [1.165, 1.54) is 11.3 Å². The Morgan fingerprint density at radius 2 is 2.31 bits per heavy atom. The predicted molar refractivity (Wildman–Crippen MR) is 67.2 cm³/mol. The van der Waals surface area contributed by atoms with Crippen molar-refractivity contribution < 1.29 is 4.74 Å². The largest absolute Gasteiger partial charge is 0.487 e. The Bertz CT molecular complexity index is 365. The highest BCUT2D eigenvalue weighted by Crippen LogP contribution is 2.34. The van der Waals surface area contributed by atoms with Crippen LogP contribution in [-0.2, 0) is 0 Å². The monoisotopic (exact) mass is 220 g/mol. The second-order valence-corrected chi connectivity index (χ2v) is 4.49. The zero-order chi connectivity index (χ0) is 11.5. The molecule has 0 radical (unpaired) electrons. The van der Waals surface area contributed by atoms with Gasteiger partial charge in [0.1, 0.15) is 11.9 Å². The average Bonchev–Trinajstić information content (AvgIpc) is 2.26. The first-order valence-electron chi connectivity index (χ1n) is 5.93. The van der Waals surface area contributed by atoms with Gasteiger partial charge in [0, 0.05) is 6.54 Å². The number of nitrogens with two attached hydrogens (primary N) is 1. The second kappa shape index (κ2) is 4.74. The molecule has 3 nitrogen and oxygen atoms in total. The van der Waals surface area contributed by atoms with E-state index in [1.807, 2.05) is 0 Å². The van der Waals surface area contributed by atoms with E-state index in [1.54, 1.807) is 0 Å². The molecule has 88 valence electrons. The van der Waals surface area contributed by atoms with Crippen molar-refractivity contribution in [1.82, 2.24) is 0 Å². The first-order chi connectivity index (χ1) is 7.70. The molecule has 0 fully saturated rings. The van der Waals surface area contributed by atoms with Gasteiger partial charge in [0.25, 0.3) is 0 Å². The lowest BCUT2D eigenvalue weighted by molar-refractivity contribution is 0.212. The van der Waals surface area contributed by atoms with Crippen molar-refractivity contribution >= 4 is 5.69 Å². The van der Waals surface area contributed by atoms with Crippen molar-refractivity contribution in [2.24, 2.45) is 5.73 Å². The molecule has 0 saturated heterocycles. The number of benzene rings is 1. The molecule has 1 aromatic carbocycles. The maximum absolute atomic E-state index is 5.82. The normalized spacial score (nSPS) is 19.2. The van der Waals surface area contributed by atoms with E-state index >= 15 is 0 Å². The molecule has 1 aliphatic rings. The number of hydrogen-bond donors (Lipinski definition) is 1. The molecule has 0 aliphatic carbocycles. The molecule has 0 amide bonds. The summed E-state index contributed by atoms with van der Waals surface area (Å²) in [5.41, 5.74) is 8.06. The van der Waals surface area contributed by atoms with Crippen LogP contribution in [0, 0.1) is 6.92 Å². The van der Waals surface area contributed by atoms with E-state index in [-0.39, 0.29) is 6.10 Å². The van der Waals surface area contributed by atoms with Crippen molar-refractivity contribution in [3.63, 3.8) is 0 Å². The van der Waals surface area contributed by atoms with Gasteiger partial charge in [0.2, 0.25) is 0 Å². The summed E-state index contributed by atoms with van der Waals surface area (Å²) in [5.74, 6) is 1.00. The molecular weight excluding hydrogens is 200 g/mol. The fraction of sp³-hybridized carbons (Fsp3) is 0.538. The molecule has 16 heavy (non-hydrogen) atoms. The van der Waals surface area contributed by atoms with E-state index in [9.17, 15) is 0 Å². The van der Waals surface area contributed by atoms with Crippen molar-refractivity contribution in [2.45, 2.75) is 26.4 Å². The molecular formula is C13H20N2O. The van der Waals surface area contributed by atoms with Gasteiger partial charge in [-0.3, -0.25) is 0 Å². The lowest BCUT2D eigenvalue weighted by Crippen LogP contribution is -2.39. The quantitative estimate of drug-likeness (QED) is 0.846. The number of rotatable bonds is 3. The summed E-state index contributed by atoms with van der Waals surface area (Å²) in [4.78, 5) is 2.38.